The highest BCUT2D eigenvalue weighted by Gasteiger charge is 2.23. The maximum atomic E-state index is 13.7. The summed E-state index contributed by atoms with van der Waals surface area (Å²) in [4.78, 5) is 5.32. The maximum Gasteiger partial charge on any atom is 0.243 e. The molecule has 1 N–H and O–H groups in total. The Morgan fingerprint density at radius 2 is 2.24 bits per heavy atom. The average Bonchev–Trinajstić information content (AvgIpc) is 3.10. The summed E-state index contributed by atoms with van der Waals surface area (Å²) in [6.45, 7) is 0.673. The van der Waals surface area contributed by atoms with Crippen LogP contribution in [0.1, 0.15) is 18.5 Å². The van der Waals surface area contributed by atoms with Gasteiger partial charge in [0, 0.05) is 24.2 Å². The van der Waals surface area contributed by atoms with Crippen LogP contribution < -0.4 is 10.1 Å². The van der Waals surface area contributed by atoms with E-state index in [2.05, 4.69) is 10.3 Å². The van der Waals surface area contributed by atoms with Crippen molar-refractivity contribution in [3.05, 3.63) is 47.4 Å². The molecule has 0 bridgehead atoms. The Morgan fingerprint density at radius 1 is 1.38 bits per heavy atom. The van der Waals surface area contributed by atoms with Gasteiger partial charge in [0.25, 0.3) is 0 Å². The monoisotopic (exact) mass is 303 g/mol. The average molecular weight is 303 g/mol. The predicted molar refractivity (Wildman–Crippen MR) is 79.4 cm³/mol. The fraction of sp³-hybridized carbons (Fsp3) is 0.267. The molecule has 1 aliphatic rings. The fourth-order valence-corrected chi connectivity index (χ4v) is 2.94. The summed E-state index contributed by atoms with van der Waals surface area (Å²) in [5, 5.41) is 5.43. The molecule has 2 aromatic heterocycles. The van der Waals surface area contributed by atoms with Crippen LogP contribution >= 0.6 is 11.3 Å². The molecule has 3 aromatic rings. The SMILES string of the molecule is Fc1ccccc1Oc1nc2sccn2c1CNC1CC1. The van der Waals surface area contributed by atoms with Crippen molar-refractivity contribution < 1.29 is 9.13 Å². The Kier molecular flexibility index (Phi) is 3.12. The third-order valence-electron chi connectivity index (χ3n) is 3.50. The number of nitrogens with zero attached hydrogens (tertiary/aromatic N) is 2. The smallest absolute Gasteiger partial charge is 0.243 e. The Labute approximate surface area is 125 Å². The first kappa shape index (κ1) is 12.8. The largest absolute Gasteiger partial charge is 0.434 e. The minimum Gasteiger partial charge on any atom is -0.434 e. The zero-order valence-electron chi connectivity index (χ0n) is 11.3. The van der Waals surface area contributed by atoms with E-state index < -0.39 is 0 Å². The zero-order valence-corrected chi connectivity index (χ0v) is 12.1. The number of benzene rings is 1. The minimum atomic E-state index is -0.380. The van der Waals surface area contributed by atoms with Crippen molar-refractivity contribution in [1.29, 1.82) is 0 Å². The van der Waals surface area contributed by atoms with Crippen molar-refractivity contribution in [2.24, 2.45) is 0 Å². The number of para-hydroxylation sites is 1. The standard InChI is InChI=1S/C15H14FN3OS/c16-11-3-1-2-4-13(11)20-14-12(9-17-10-5-6-10)19-7-8-21-15(19)18-14/h1-4,7-8,10,17H,5-6,9H2. The lowest BCUT2D eigenvalue weighted by Crippen LogP contribution is -2.16. The molecule has 0 aliphatic heterocycles. The van der Waals surface area contributed by atoms with Crippen molar-refractivity contribution in [2.45, 2.75) is 25.4 Å². The van der Waals surface area contributed by atoms with E-state index in [0.29, 0.717) is 18.5 Å². The van der Waals surface area contributed by atoms with Crippen LogP contribution in [0.4, 0.5) is 4.39 Å². The van der Waals surface area contributed by atoms with Gasteiger partial charge >= 0.3 is 0 Å². The molecule has 1 aliphatic carbocycles. The van der Waals surface area contributed by atoms with Crippen LogP contribution in [0.25, 0.3) is 4.96 Å². The summed E-state index contributed by atoms with van der Waals surface area (Å²) in [5.74, 6) is 0.297. The molecule has 21 heavy (non-hydrogen) atoms. The third kappa shape index (κ3) is 2.52. The summed E-state index contributed by atoms with van der Waals surface area (Å²) >= 11 is 1.54. The molecule has 0 saturated heterocycles. The van der Waals surface area contributed by atoms with Crippen LogP contribution in [0, 0.1) is 5.82 Å². The van der Waals surface area contributed by atoms with Crippen molar-refractivity contribution in [1.82, 2.24) is 14.7 Å². The number of hydrogen-bond acceptors (Lipinski definition) is 4. The molecule has 4 rings (SSSR count). The number of hydrogen-bond donors (Lipinski definition) is 1. The predicted octanol–water partition coefficient (Wildman–Crippen LogP) is 3.58. The number of rotatable bonds is 5. The van der Waals surface area contributed by atoms with Gasteiger partial charge in [0.15, 0.2) is 16.5 Å². The molecule has 0 atom stereocenters. The van der Waals surface area contributed by atoms with Gasteiger partial charge in [-0.3, -0.25) is 4.40 Å². The number of halogens is 1. The molecule has 2 heterocycles. The van der Waals surface area contributed by atoms with Crippen LogP contribution in [-0.4, -0.2) is 15.4 Å². The first-order valence-corrected chi connectivity index (χ1v) is 7.79. The second-order valence-corrected chi connectivity index (χ2v) is 5.98. The van der Waals surface area contributed by atoms with Crippen LogP contribution in [0.2, 0.25) is 0 Å². The van der Waals surface area contributed by atoms with Gasteiger partial charge in [-0.25, -0.2) is 4.39 Å². The summed E-state index contributed by atoms with van der Waals surface area (Å²) in [7, 11) is 0. The van der Waals surface area contributed by atoms with Crippen LogP contribution in [-0.2, 0) is 6.54 Å². The van der Waals surface area contributed by atoms with Crippen LogP contribution in [0.5, 0.6) is 11.6 Å². The quantitative estimate of drug-likeness (QED) is 0.783. The van der Waals surface area contributed by atoms with Crippen molar-refractivity contribution in [3.8, 4) is 11.6 Å². The van der Waals surface area contributed by atoms with E-state index >= 15 is 0 Å². The fourth-order valence-electron chi connectivity index (χ4n) is 2.22. The molecule has 0 unspecified atom stereocenters. The first-order valence-electron chi connectivity index (χ1n) is 6.91. The second kappa shape index (κ2) is 5.13. The summed E-state index contributed by atoms with van der Waals surface area (Å²) in [6.07, 6.45) is 4.40. The van der Waals surface area contributed by atoms with Crippen molar-refractivity contribution >= 4 is 16.3 Å². The van der Waals surface area contributed by atoms with E-state index in [0.717, 1.165) is 10.7 Å². The highest BCUT2D eigenvalue weighted by molar-refractivity contribution is 7.15. The number of nitrogens with one attached hydrogen (secondary N) is 1. The molecule has 0 amide bonds. The second-order valence-electron chi connectivity index (χ2n) is 5.11. The number of ether oxygens (including phenoxy) is 1. The van der Waals surface area contributed by atoms with Crippen molar-refractivity contribution in [2.75, 3.05) is 0 Å². The normalized spacial score (nSPS) is 14.7. The number of fused-ring (bicyclic) bond motifs is 1. The van der Waals surface area contributed by atoms with Gasteiger partial charge in [0.05, 0.1) is 0 Å². The van der Waals surface area contributed by atoms with Gasteiger partial charge in [0.2, 0.25) is 5.88 Å². The van der Waals surface area contributed by atoms with E-state index in [1.54, 1.807) is 18.2 Å². The lowest BCUT2D eigenvalue weighted by atomic mass is 10.3. The Morgan fingerprint density at radius 3 is 3.05 bits per heavy atom. The van der Waals surface area contributed by atoms with E-state index in [1.165, 1.54) is 30.2 Å². The molecule has 0 spiro atoms. The van der Waals surface area contributed by atoms with E-state index in [9.17, 15) is 4.39 Å². The highest BCUT2D eigenvalue weighted by Crippen LogP contribution is 2.30. The summed E-state index contributed by atoms with van der Waals surface area (Å²) < 4.78 is 21.4. The third-order valence-corrected chi connectivity index (χ3v) is 4.26. The molecule has 1 fully saturated rings. The van der Waals surface area contributed by atoms with Gasteiger partial charge in [0.1, 0.15) is 5.69 Å². The van der Waals surface area contributed by atoms with Gasteiger partial charge in [-0.05, 0) is 25.0 Å². The molecule has 6 heteroatoms. The van der Waals surface area contributed by atoms with E-state index in [-0.39, 0.29) is 11.6 Å². The summed E-state index contributed by atoms with van der Waals surface area (Å²) in [5.41, 5.74) is 0.932. The van der Waals surface area contributed by atoms with Gasteiger partial charge < -0.3 is 10.1 Å². The molecule has 108 valence electrons. The van der Waals surface area contributed by atoms with Gasteiger partial charge in [-0.15, -0.1) is 11.3 Å². The topological polar surface area (TPSA) is 38.6 Å². The Hall–Kier alpha value is -1.92. The molecular formula is C15H14FN3OS. The van der Waals surface area contributed by atoms with Crippen LogP contribution in [0.3, 0.4) is 0 Å². The molecule has 1 aromatic carbocycles. The molecular weight excluding hydrogens is 289 g/mol. The maximum absolute atomic E-state index is 13.7. The Balaban J connectivity index is 1.67. The lowest BCUT2D eigenvalue weighted by Gasteiger charge is -2.07. The van der Waals surface area contributed by atoms with Crippen LogP contribution in [0.15, 0.2) is 35.8 Å². The zero-order chi connectivity index (χ0) is 14.2. The Bertz CT molecular complexity index is 778. The number of thiazole rings is 1. The van der Waals surface area contributed by atoms with Gasteiger partial charge in [-0.2, -0.15) is 4.98 Å². The van der Waals surface area contributed by atoms with Crippen molar-refractivity contribution in [3.63, 3.8) is 0 Å². The molecule has 0 radical (unpaired) electrons. The molecule has 4 nitrogen and oxygen atoms in total. The van der Waals surface area contributed by atoms with Gasteiger partial charge in [-0.1, -0.05) is 12.1 Å². The molecule has 1 saturated carbocycles. The number of aromatic nitrogens is 2. The van der Waals surface area contributed by atoms with E-state index in [4.69, 9.17) is 4.74 Å². The highest BCUT2D eigenvalue weighted by atomic mass is 32.1. The van der Waals surface area contributed by atoms with E-state index in [1.807, 2.05) is 16.0 Å². The summed E-state index contributed by atoms with van der Waals surface area (Å²) in [6, 6.07) is 6.98. The lowest BCUT2D eigenvalue weighted by molar-refractivity contribution is 0.422. The number of imidazole rings is 1. The minimum absolute atomic E-state index is 0.205. The first-order chi connectivity index (χ1) is 10.3.